The molecule has 0 radical (unpaired) electrons. The van der Waals surface area contributed by atoms with Gasteiger partial charge in [0.25, 0.3) is 0 Å². The summed E-state index contributed by atoms with van der Waals surface area (Å²) in [6.07, 6.45) is 6.60. The van der Waals surface area contributed by atoms with E-state index in [4.69, 9.17) is 4.74 Å². The van der Waals surface area contributed by atoms with Crippen LogP contribution in [0.3, 0.4) is 0 Å². The third-order valence-electron chi connectivity index (χ3n) is 2.99. The summed E-state index contributed by atoms with van der Waals surface area (Å²) in [7, 11) is 1.84. The Hall–Kier alpha value is -0.0800. The molecule has 0 bridgehead atoms. The Balaban J connectivity index is 1.72. The summed E-state index contributed by atoms with van der Waals surface area (Å²) < 4.78 is 5.49. The number of hydrogen-bond donors (Lipinski definition) is 1. The van der Waals surface area contributed by atoms with E-state index in [0.29, 0.717) is 0 Å². The molecule has 1 N–H and O–H groups in total. The highest BCUT2D eigenvalue weighted by atomic mass is 16.5. The molecule has 11 heavy (non-hydrogen) atoms. The van der Waals surface area contributed by atoms with Gasteiger partial charge in [0.15, 0.2) is 0 Å². The third kappa shape index (κ3) is 1.57. The van der Waals surface area contributed by atoms with Crippen molar-refractivity contribution in [2.45, 2.75) is 43.7 Å². The average Bonchev–Trinajstić information content (AvgIpc) is 2.70. The zero-order valence-corrected chi connectivity index (χ0v) is 7.23. The van der Waals surface area contributed by atoms with Crippen molar-refractivity contribution in [2.75, 3.05) is 13.7 Å². The van der Waals surface area contributed by atoms with Crippen molar-refractivity contribution in [3.63, 3.8) is 0 Å². The SMILES string of the molecule is COC1(CNC2CC2)CCC1. The van der Waals surface area contributed by atoms with Crippen LogP contribution in [0.2, 0.25) is 0 Å². The van der Waals surface area contributed by atoms with Crippen molar-refractivity contribution in [1.29, 1.82) is 0 Å². The molecule has 0 saturated heterocycles. The van der Waals surface area contributed by atoms with Crippen LogP contribution in [-0.4, -0.2) is 25.3 Å². The molecule has 2 nitrogen and oxygen atoms in total. The van der Waals surface area contributed by atoms with Crippen molar-refractivity contribution < 1.29 is 4.74 Å². The first-order chi connectivity index (χ1) is 5.35. The van der Waals surface area contributed by atoms with Crippen molar-refractivity contribution in [2.24, 2.45) is 0 Å². The van der Waals surface area contributed by atoms with Crippen molar-refractivity contribution in [3.8, 4) is 0 Å². The molecule has 0 unspecified atom stereocenters. The first-order valence-corrected chi connectivity index (χ1v) is 4.63. The summed E-state index contributed by atoms with van der Waals surface area (Å²) in [4.78, 5) is 0. The molecular weight excluding hydrogens is 138 g/mol. The van der Waals surface area contributed by atoms with Gasteiger partial charge in [-0.3, -0.25) is 0 Å². The molecule has 0 atom stereocenters. The molecular formula is C9H17NO. The fraction of sp³-hybridized carbons (Fsp3) is 1.00. The van der Waals surface area contributed by atoms with E-state index in [0.717, 1.165) is 12.6 Å². The van der Waals surface area contributed by atoms with Gasteiger partial charge in [-0.1, -0.05) is 0 Å². The Morgan fingerprint density at radius 2 is 2.18 bits per heavy atom. The topological polar surface area (TPSA) is 21.3 Å². The molecule has 2 saturated carbocycles. The van der Waals surface area contributed by atoms with Crippen LogP contribution in [0.5, 0.6) is 0 Å². The smallest absolute Gasteiger partial charge is 0.0802 e. The molecule has 2 aliphatic carbocycles. The lowest BCUT2D eigenvalue weighted by Crippen LogP contribution is -2.48. The Kier molecular flexibility index (Phi) is 1.90. The first kappa shape index (κ1) is 7.56. The minimum atomic E-state index is 0.225. The molecule has 0 aromatic rings. The largest absolute Gasteiger partial charge is 0.377 e. The highest BCUT2D eigenvalue weighted by Crippen LogP contribution is 2.35. The number of ether oxygens (including phenoxy) is 1. The van der Waals surface area contributed by atoms with Crippen molar-refractivity contribution in [1.82, 2.24) is 5.32 Å². The van der Waals surface area contributed by atoms with Crippen LogP contribution in [0.1, 0.15) is 32.1 Å². The van der Waals surface area contributed by atoms with Crippen molar-refractivity contribution >= 4 is 0 Å². The van der Waals surface area contributed by atoms with Crippen LogP contribution in [0.25, 0.3) is 0 Å². The first-order valence-electron chi connectivity index (χ1n) is 4.63. The van der Waals surface area contributed by atoms with E-state index in [2.05, 4.69) is 5.32 Å². The van der Waals surface area contributed by atoms with E-state index in [1.807, 2.05) is 7.11 Å². The van der Waals surface area contributed by atoms with E-state index in [-0.39, 0.29) is 5.60 Å². The van der Waals surface area contributed by atoms with Crippen LogP contribution >= 0.6 is 0 Å². The van der Waals surface area contributed by atoms with Gasteiger partial charge < -0.3 is 10.1 Å². The second-order valence-corrected chi connectivity index (χ2v) is 3.90. The molecule has 0 amide bonds. The van der Waals surface area contributed by atoms with Crippen molar-refractivity contribution in [3.05, 3.63) is 0 Å². The van der Waals surface area contributed by atoms with Gasteiger partial charge in [-0.25, -0.2) is 0 Å². The lowest BCUT2D eigenvalue weighted by Gasteiger charge is -2.40. The summed E-state index contributed by atoms with van der Waals surface area (Å²) in [6, 6.07) is 0.822. The molecule has 0 heterocycles. The molecule has 0 aromatic heterocycles. The Bertz CT molecular complexity index is 133. The number of rotatable bonds is 4. The number of nitrogens with one attached hydrogen (secondary N) is 1. The molecule has 0 aliphatic heterocycles. The van der Waals surface area contributed by atoms with E-state index in [9.17, 15) is 0 Å². The zero-order valence-electron chi connectivity index (χ0n) is 7.23. The fourth-order valence-corrected chi connectivity index (χ4v) is 1.64. The van der Waals surface area contributed by atoms with Gasteiger partial charge in [0.1, 0.15) is 0 Å². The maximum atomic E-state index is 5.49. The van der Waals surface area contributed by atoms with Gasteiger partial charge >= 0.3 is 0 Å². The highest BCUT2D eigenvalue weighted by Gasteiger charge is 2.38. The third-order valence-corrected chi connectivity index (χ3v) is 2.99. The van der Waals surface area contributed by atoms with Crippen LogP contribution in [-0.2, 0) is 4.74 Å². The molecule has 64 valence electrons. The van der Waals surface area contributed by atoms with Gasteiger partial charge in [-0.05, 0) is 32.1 Å². The van der Waals surface area contributed by atoms with E-state index >= 15 is 0 Å². The summed E-state index contributed by atoms with van der Waals surface area (Å²) in [6.45, 7) is 1.08. The van der Waals surface area contributed by atoms with Gasteiger partial charge in [0.2, 0.25) is 0 Å². The van der Waals surface area contributed by atoms with Gasteiger partial charge in [-0.15, -0.1) is 0 Å². The maximum Gasteiger partial charge on any atom is 0.0802 e. The molecule has 0 aromatic carbocycles. The van der Waals surface area contributed by atoms with Gasteiger partial charge in [-0.2, -0.15) is 0 Å². The van der Waals surface area contributed by atoms with Crippen LogP contribution in [0.15, 0.2) is 0 Å². The van der Waals surface area contributed by atoms with Gasteiger partial charge in [0, 0.05) is 19.7 Å². The van der Waals surface area contributed by atoms with E-state index < -0.39 is 0 Å². The minimum Gasteiger partial charge on any atom is -0.377 e. The number of hydrogen-bond acceptors (Lipinski definition) is 2. The quantitative estimate of drug-likeness (QED) is 0.661. The molecule has 0 spiro atoms. The van der Waals surface area contributed by atoms with Crippen LogP contribution < -0.4 is 5.32 Å². The molecule has 2 rings (SSSR count). The highest BCUT2D eigenvalue weighted by molar-refractivity contribution is 4.94. The second kappa shape index (κ2) is 2.76. The average molecular weight is 155 g/mol. The zero-order chi connectivity index (χ0) is 7.73. The number of methoxy groups -OCH3 is 1. The van der Waals surface area contributed by atoms with Crippen LogP contribution in [0.4, 0.5) is 0 Å². The Morgan fingerprint density at radius 1 is 1.45 bits per heavy atom. The Morgan fingerprint density at radius 3 is 2.55 bits per heavy atom. The second-order valence-electron chi connectivity index (χ2n) is 3.90. The van der Waals surface area contributed by atoms with E-state index in [1.54, 1.807) is 0 Å². The van der Waals surface area contributed by atoms with Crippen LogP contribution in [0, 0.1) is 0 Å². The fourth-order valence-electron chi connectivity index (χ4n) is 1.64. The summed E-state index contributed by atoms with van der Waals surface area (Å²) >= 11 is 0. The van der Waals surface area contributed by atoms with E-state index in [1.165, 1.54) is 32.1 Å². The molecule has 2 heteroatoms. The molecule has 2 aliphatic rings. The minimum absolute atomic E-state index is 0.225. The monoisotopic (exact) mass is 155 g/mol. The Labute approximate surface area is 68.3 Å². The summed E-state index contributed by atoms with van der Waals surface area (Å²) in [5.74, 6) is 0. The van der Waals surface area contributed by atoms with Gasteiger partial charge in [0.05, 0.1) is 5.60 Å². The predicted molar refractivity (Wildman–Crippen MR) is 44.6 cm³/mol. The normalized spacial score (nSPS) is 28.1. The molecule has 2 fully saturated rings. The predicted octanol–water partition coefficient (Wildman–Crippen LogP) is 1.31. The summed E-state index contributed by atoms with van der Waals surface area (Å²) in [5, 5.41) is 3.53. The maximum absolute atomic E-state index is 5.49. The lowest BCUT2D eigenvalue weighted by molar-refractivity contribution is -0.0695. The lowest BCUT2D eigenvalue weighted by atomic mass is 9.80. The summed E-state index contributed by atoms with van der Waals surface area (Å²) in [5.41, 5.74) is 0.225. The standard InChI is InChI=1S/C9H17NO/c1-11-9(5-2-6-9)7-10-8-3-4-8/h8,10H,2-7H2,1H3.